The van der Waals surface area contributed by atoms with E-state index in [2.05, 4.69) is 24.2 Å². The lowest BCUT2D eigenvalue weighted by Crippen LogP contribution is -2.39. The van der Waals surface area contributed by atoms with Crippen molar-refractivity contribution in [1.29, 1.82) is 0 Å². The van der Waals surface area contributed by atoms with E-state index in [-0.39, 0.29) is 6.10 Å². The van der Waals surface area contributed by atoms with Crippen LogP contribution in [0, 0.1) is 0 Å². The Hall–Kier alpha value is -0.120. The predicted octanol–water partition coefficient (Wildman–Crippen LogP) is 0.441. The molecule has 0 spiro atoms. The van der Waals surface area contributed by atoms with Gasteiger partial charge in [-0.05, 0) is 32.9 Å². The van der Waals surface area contributed by atoms with E-state index in [0.29, 0.717) is 6.04 Å². The van der Waals surface area contributed by atoms with Gasteiger partial charge in [0.15, 0.2) is 0 Å². The third-order valence-corrected chi connectivity index (χ3v) is 2.92. The quantitative estimate of drug-likeness (QED) is 0.654. The summed E-state index contributed by atoms with van der Waals surface area (Å²) in [4.78, 5) is 2.27. The van der Waals surface area contributed by atoms with Crippen LogP contribution in [0.25, 0.3) is 0 Å². The third kappa shape index (κ3) is 3.63. The predicted molar refractivity (Wildman–Crippen MR) is 54.8 cm³/mol. The lowest BCUT2D eigenvalue weighted by atomic mass is 10.2. The maximum atomic E-state index is 9.54. The number of nitrogens with zero attached hydrogens (tertiary/aromatic N) is 1. The van der Waals surface area contributed by atoms with E-state index in [1.165, 1.54) is 6.42 Å². The van der Waals surface area contributed by atoms with Gasteiger partial charge in [-0.1, -0.05) is 6.92 Å². The minimum atomic E-state index is -0.105. The molecule has 2 atom stereocenters. The Bertz CT molecular complexity index is 141. The van der Waals surface area contributed by atoms with Crippen LogP contribution in [0.4, 0.5) is 0 Å². The minimum absolute atomic E-state index is 0.105. The first-order chi connectivity index (χ1) is 6.24. The van der Waals surface area contributed by atoms with Crippen LogP contribution in [0.2, 0.25) is 0 Å². The highest BCUT2D eigenvalue weighted by atomic mass is 16.3. The Morgan fingerprint density at radius 2 is 2.23 bits per heavy atom. The summed E-state index contributed by atoms with van der Waals surface area (Å²) in [6.45, 7) is 5.31. The van der Waals surface area contributed by atoms with Crippen molar-refractivity contribution in [1.82, 2.24) is 10.2 Å². The molecule has 0 saturated heterocycles. The Morgan fingerprint density at radius 3 is 2.77 bits per heavy atom. The molecular formula is C10H22N2O. The number of hydrogen-bond donors (Lipinski definition) is 2. The Balaban J connectivity index is 2.05. The summed E-state index contributed by atoms with van der Waals surface area (Å²) in [5.74, 6) is 0. The maximum Gasteiger partial charge on any atom is 0.0693 e. The standard InChI is InChI=1S/C10H22N2O/c1-3-12(2)8-7-11-9-5-4-6-10(9)13/h9-11,13H,3-8H2,1-2H3/t9-,10-/m0/s1. The lowest BCUT2D eigenvalue weighted by molar-refractivity contribution is 0.147. The van der Waals surface area contributed by atoms with Crippen LogP contribution in [0.5, 0.6) is 0 Å². The number of aliphatic hydroxyl groups is 1. The molecule has 1 aliphatic rings. The van der Waals surface area contributed by atoms with E-state index < -0.39 is 0 Å². The van der Waals surface area contributed by atoms with Gasteiger partial charge in [-0.2, -0.15) is 0 Å². The molecule has 1 saturated carbocycles. The normalized spacial score (nSPS) is 28.6. The second-order valence-electron chi connectivity index (χ2n) is 3.95. The number of likely N-dealkylation sites (N-methyl/N-ethyl adjacent to an activating group) is 1. The molecule has 0 aromatic heterocycles. The second kappa shape index (κ2) is 5.58. The SMILES string of the molecule is CCN(C)CCN[C@H]1CCC[C@@H]1O. The fraction of sp³-hybridized carbons (Fsp3) is 1.00. The maximum absolute atomic E-state index is 9.54. The summed E-state index contributed by atoms with van der Waals surface area (Å²) < 4.78 is 0. The van der Waals surface area contributed by atoms with Crippen LogP contribution in [-0.4, -0.2) is 48.8 Å². The summed E-state index contributed by atoms with van der Waals surface area (Å²) >= 11 is 0. The van der Waals surface area contributed by atoms with Gasteiger partial charge >= 0.3 is 0 Å². The van der Waals surface area contributed by atoms with Crippen molar-refractivity contribution >= 4 is 0 Å². The molecule has 0 radical (unpaired) electrons. The number of aliphatic hydroxyl groups excluding tert-OH is 1. The topological polar surface area (TPSA) is 35.5 Å². The first-order valence-electron chi connectivity index (χ1n) is 5.34. The molecule has 0 bridgehead atoms. The molecule has 2 N–H and O–H groups in total. The zero-order valence-corrected chi connectivity index (χ0v) is 8.79. The molecule has 0 aliphatic heterocycles. The van der Waals surface area contributed by atoms with Gasteiger partial charge in [-0.15, -0.1) is 0 Å². The zero-order chi connectivity index (χ0) is 9.68. The molecule has 3 nitrogen and oxygen atoms in total. The molecule has 0 unspecified atom stereocenters. The molecule has 1 rings (SSSR count). The summed E-state index contributed by atoms with van der Waals surface area (Å²) in [5, 5.41) is 12.9. The van der Waals surface area contributed by atoms with E-state index in [1.54, 1.807) is 0 Å². The summed E-state index contributed by atoms with van der Waals surface area (Å²) in [5.41, 5.74) is 0. The van der Waals surface area contributed by atoms with E-state index in [1.807, 2.05) is 0 Å². The minimum Gasteiger partial charge on any atom is -0.392 e. The summed E-state index contributed by atoms with van der Waals surface area (Å²) in [6, 6.07) is 0.352. The molecule has 0 heterocycles. The van der Waals surface area contributed by atoms with Crippen LogP contribution in [-0.2, 0) is 0 Å². The molecular weight excluding hydrogens is 164 g/mol. The molecule has 78 valence electrons. The number of nitrogens with one attached hydrogen (secondary N) is 1. The van der Waals surface area contributed by atoms with Crippen molar-refractivity contribution in [3.05, 3.63) is 0 Å². The van der Waals surface area contributed by atoms with Gasteiger partial charge in [0.2, 0.25) is 0 Å². The lowest BCUT2D eigenvalue weighted by Gasteiger charge is -2.19. The second-order valence-corrected chi connectivity index (χ2v) is 3.95. The van der Waals surface area contributed by atoms with Crippen molar-refractivity contribution in [2.45, 2.75) is 38.3 Å². The van der Waals surface area contributed by atoms with Crippen LogP contribution in [0.3, 0.4) is 0 Å². The van der Waals surface area contributed by atoms with Crippen LogP contribution < -0.4 is 5.32 Å². The number of hydrogen-bond acceptors (Lipinski definition) is 3. The fourth-order valence-electron chi connectivity index (χ4n) is 1.78. The van der Waals surface area contributed by atoms with Crippen molar-refractivity contribution < 1.29 is 5.11 Å². The van der Waals surface area contributed by atoms with Crippen LogP contribution in [0.1, 0.15) is 26.2 Å². The average Bonchev–Trinajstić information content (AvgIpc) is 2.52. The van der Waals surface area contributed by atoms with Gasteiger partial charge in [-0.3, -0.25) is 0 Å². The zero-order valence-electron chi connectivity index (χ0n) is 8.79. The molecule has 1 fully saturated rings. The van der Waals surface area contributed by atoms with Crippen molar-refractivity contribution in [3.63, 3.8) is 0 Å². The van der Waals surface area contributed by atoms with Gasteiger partial charge in [-0.25, -0.2) is 0 Å². The molecule has 0 aromatic rings. The largest absolute Gasteiger partial charge is 0.392 e. The molecule has 0 amide bonds. The highest BCUT2D eigenvalue weighted by Crippen LogP contribution is 2.18. The van der Waals surface area contributed by atoms with Crippen LogP contribution >= 0.6 is 0 Å². The molecule has 1 aliphatic carbocycles. The van der Waals surface area contributed by atoms with E-state index in [4.69, 9.17) is 0 Å². The van der Waals surface area contributed by atoms with Gasteiger partial charge in [0, 0.05) is 19.1 Å². The Morgan fingerprint density at radius 1 is 1.46 bits per heavy atom. The van der Waals surface area contributed by atoms with E-state index in [0.717, 1.165) is 32.5 Å². The summed E-state index contributed by atoms with van der Waals surface area (Å²) in [6.07, 6.45) is 3.17. The summed E-state index contributed by atoms with van der Waals surface area (Å²) in [7, 11) is 2.12. The Kier molecular flexibility index (Phi) is 4.70. The number of rotatable bonds is 5. The molecule has 13 heavy (non-hydrogen) atoms. The molecule has 0 aromatic carbocycles. The van der Waals surface area contributed by atoms with Crippen LogP contribution in [0.15, 0.2) is 0 Å². The highest BCUT2D eigenvalue weighted by molar-refractivity contribution is 4.82. The Labute approximate surface area is 81.1 Å². The first-order valence-corrected chi connectivity index (χ1v) is 5.34. The van der Waals surface area contributed by atoms with Gasteiger partial charge in [0.05, 0.1) is 6.10 Å². The van der Waals surface area contributed by atoms with Crippen molar-refractivity contribution in [2.24, 2.45) is 0 Å². The van der Waals surface area contributed by atoms with Crippen molar-refractivity contribution in [3.8, 4) is 0 Å². The van der Waals surface area contributed by atoms with Gasteiger partial charge in [0.25, 0.3) is 0 Å². The van der Waals surface area contributed by atoms with Crippen molar-refractivity contribution in [2.75, 3.05) is 26.7 Å². The average molecular weight is 186 g/mol. The van der Waals surface area contributed by atoms with Gasteiger partial charge in [0.1, 0.15) is 0 Å². The van der Waals surface area contributed by atoms with E-state index >= 15 is 0 Å². The monoisotopic (exact) mass is 186 g/mol. The van der Waals surface area contributed by atoms with Gasteiger partial charge < -0.3 is 15.3 Å². The smallest absolute Gasteiger partial charge is 0.0693 e. The molecule has 3 heteroatoms. The van der Waals surface area contributed by atoms with E-state index in [9.17, 15) is 5.11 Å². The highest BCUT2D eigenvalue weighted by Gasteiger charge is 2.23. The third-order valence-electron chi connectivity index (χ3n) is 2.92. The first kappa shape index (κ1) is 11.0. The fourth-order valence-corrected chi connectivity index (χ4v) is 1.78.